The first-order valence-corrected chi connectivity index (χ1v) is 12.1. The molecule has 1 fully saturated rings. The van der Waals surface area contributed by atoms with Gasteiger partial charge in [-0.05, 0) is 18.4 Å². The van der Waals surface area contributed by atoms with Crippen LogP contribution in [0.15, 0.2) is 39.9 Å². The molecule has 184 valence electrons. The smallest absolute Gasteiger partial charge is 0.330 e. The summed E-state index contributed by atoms with van der Waals surface area (Å²) in [6.45, 7) is 5.42. The number of amides is 2. The first kappa shape index (κ1) is 25.3. The van der Waals surface area contributed by atoms with Gasteiger partial charge in [-0.15, -0.1) is 0 Å². The lowest BCUT2D eigenvalue weighted by molar-refractivity contribution is -0.128. The largest absolute Gasteiger partial charge is 0.383 e. The van der Waals surface area contributed by atoms with Crippen LogP contribution in [-0.4, -0.2) is 39.4 Å². The molecule has 9 heteroatoms. The van der Waals surface area contributed by atoms with E-state index in [4.69, 9.17) is 5.73 Å². The number of hydrogen-bond acceptors (Lipinski definition) is 5. The van der Waals surface area contributed by atoms with Gasteiger partial charge in [-0.2, -0.15) is 0 Å². The van der Waals surface area contributed by atoms with E-state index in [1.54, 1.807) is 4.90 Å². The molecule has 0 bridgehead atoms. The number of benzene rings is 1. The van der Waals surface area contributed by atoms with Crippen LogP contribution in [-0.2, 0) is 22.7 Å². The molecular weight excluding hydrogens is 434 g/mol. The quantitative estimate of drug-likeness (QED) is 0.490. The van der Waals surface area contributed by atoms with Crippen molar-refractivity contribution >= 4 is 23.3 Å². The van der Waals surface area contributed by atoms with Crippen molar-refractivity contribution in [3.8, 4) is 0 Å². The molecule has 1 unspecified atom stereocenters. The number of nitrogens with two attached hydrogens (primary N) is 1. The highest BCUT2D eigenvalue weighted by atomic mass is 16.2. The topological polar surface area (TPSA) is 121 Å². The Hall–Kier alpha value is -3.36. The van der Waals surface area contributed by atoms with Gasteiger partial charge in [0.25, 0.3) is 5.56 Å². The molecule has 1 aromatic heterocycles. The second-order valence-electron chi connectivity index (χ2n) is 8.86. The third-order valence-corrected chi connectivity index (χ3v) is 6.25. The number of nitrogen functional groups attached to an aromatic ring is 1. The van der Waals surface area contributed by atoms with Crippen LogP contribution in [0.3, 0.4) is 0 Å². The molecule has 3 N–H and O–H groups in total. The molecule has 34 heavy (non-hydrogen) atoms. The van der Waals surface area contributed by atoms with Crippen molar-refractivity contribution in [1.82, 2.24) is 14.5 Å². The Morgan fingerprint density at radius 2 is 1.79 bits per heavy atom. The van der Waals surface area contributed by atoms with Crippen molar-refractivity contribution in [2.24, 2.45) is 5.92 Å². The van der Waals surface area contributed by atoms with E-state index in [2.05, 4.69) is 11.9 Å². The van der Waals surface area contributed by atoms with Gasteiger partial charge in [0.2, 0.25) is 11.8 Å². The zero-order chi connectivity index (χ0) is 24.7. The van der Waals surface area contributed by atoms with Gasteiger partial charge in [0.15, 0.2) is 5.69 Å². The summed E-state index contributed by atoms with van der Waals surface area (Å²) in [7, 11) is 0. The number of carbonyl (C=O) groups excluding carboxylic acids is 2. The van der Waals surface area contributed by atoms with E-state index in [1.165, 1.54) is 9.47 Å². The molecule has 2 aromatic rings. The summed E-state index contributed by atoms with van der Waals surface area (Å²) in [4.78, 5) is 56.9. The fraction of sp³-hybridized carbons (Fsp3) is 0.520. The SMILES string of the molecule is CCCCCN(C(=O)C1CC(=O)N(Cc2ccccc2)C1)c1c(N)n(CCCC)c(=O)[nH]c1=O. The zero-order valence-electron chi connectivity index (χ0n) is 20.1. The molecule has 0 radical (unpaired) electrons. The van der Waals surface area contributed by atoms with Crippen molar-refractivity contribution in [3.63, 3.8) is 0 Å². The van der Waals surface area contributed by atoms with E-state index in [9.17, 15) is 19.2 Å². The number of nitrogens with zero attached hydrogens (tertiary/aromatic N) is 3. The Morgan fingerprint density at radius 3 is 2.47 bits per heavy atom. The van der Waals surface area contributed by atoms with Gasteiger partial charge >= 0.3 is 5.69 Å². The van der Waals surface area contributed by atoms with Crippen molar-refractivity contribution < 1.29 is 9.59 Å². The van der Waals surface area contributed by atoms with Crippen molar-refractivity contribution in [1.29, 1.82) is 0 Å². The van der Waals surface area contributed by atoms with E-state index in [1.807, 2.05) is 37.3 Å². The fourth-order valence-electron chi connectivity index (χ4n) is 4.34. The molecule has 1 aromatic carbocycles. The molecule has 2 heterocycles. The predicted molar refractivity (Wildman–Crippen MR) is 132 cm³/mol. The van der Waals surface area contributed by atoms with E-state index >= 15 is 0 Å². The average Bonchev–Trinajstić information content (AvgIpc) is 3.18. The summed E-state index contributed by atoms with van der Waals surface area (Å²) in [5.74, 6) is -0.978. The monoisotopic (exact) mass is 469 g/mol. The summed E-state index contributed by atoms with van der Waals surface area (Å²) in [5, 5.41) is 0. The Labute approximate surface area is 199 Å². The van der Waals surface area contributed by atoms with Crippen molar-refractivity contribution in [2.75, 3.05) is 23.7 Å². The van der Waals surface area contributed by atoms with E-state index < -0.39 is 17.2 Å². The minimum atomic E-state index is -0.675. The van der Waals surface area contributed by atoms with Crippen LogP contribution in [0.5, 0.6) is 0 Å². The fourth-order valence-corrected chi connectivity index (χ4v) is 4.34. The Kier molecular flexibility index (Phi) is 8.67. The van der Waals surface area contributed by atoms with Gasteiger partial charge < -0.3 is 15.5 Å². The van der Waals surface area contributed by atoms with Crippen LogP contribution < -0.4 is 21.9 Å². The molecule has 0 spiro atoms. The molecular formula is C25H35N5O4. The number of nitrogens with one attached hydrogen (secondary N) is 1. The van der Waals surface area contributed by atoms with Crippen LogP contribution in [0, 0.1) is 5.92 Å². The zero-order valence-corrected chi connectivity index (χ0v) is 20.1. The van der Waals surface area contributed by atoms with Crippen LogP contribution >= 0.6 is 0 Å². The van der Waals surface area contributed by atoms with E-state index in [-0.39, 0.29) is 36.3 Å². The minimum absolute atomic E-state index is 0.00230. The van der Waals surface area contributed by atoms with Crippen LogP contribution in [0.25, 0.3) is 0 Å². The molecule has 3 rings (SSSR count). The standard InChI is InChI=1S/C25H35N5O4/c1-3-5-10-14-29(21-22(26)30(13-6-4-2)25(34)27-23(21)32)24(33)19-15-20(31)28(17-19)16-18-11-8-7-9-12-18/h7-9,11-12,19H,3-6,10,13-17,26H2,1-2H3,(H,27,32,34). The highest BCUT2D eigenvalue weighted by Gasteiger charge is 2.38. The van der Waals surface area contributed by atoms with Crippen LogP contribution in [0.4, 0.5) is 11.5 Å². The number of aromatic amines is 1. The van der Waals surface area contributed by atoms with Crippen molar-refractivity contribution in [2.45, 2.75) is 65.5 Å². The molecule has 1 atom stereocenters. The molecule has 1 aliphatic heterocycles. The normalized spacial score (nSPS) is 15.6. The predicted octanol–water partition coefficient (Wildman–Crippen LogP) is 2.49. The lowest BCUT2D eigenvalue weighted by atomic mass is 10.1. The molecule has 9 nitrogen and oxygen atoms in total. The average molecular weight is 470 g/mol. The molecule has 1 saturated heterocycles. The highest BCUT2D eigenvalue weighted by Crippen LogP contribution is 2.26. The maximum atomic E-state index is 13.6. The van der Waals surface area contributed by atoms with Gasteiger partial charge in [-0.3, -0.25) is 23.9 Å². The summed E-state index contributed by atoms with van der Waals surface area (Å²) >= 11 is 0. The third kappa shape index (κ3) is 5.76. The second-order valence-corrected chi connectivity index (χ2v) is 8.86. The number of likely N-dealkylation sites (tertiary alicyclic amines) is 1. The lowest BCUT2D eigenvalue weighted by Crippen LogP contribution is -2.44. The Balaban J connectivity index is 1.89. The van der Waals surface area contributed by atoms with Gasteiger partial charge in [0.05, 0.1) is 5.92 Å². The molecule has 2 amide bonds. The number of hydrogen-bond donors (Lipinski definition) is 2. The maximum absolute atomic E-state index is 13.6. The maximum Gasteiger partial charge on any atom is 0.330 e. The van der Waals surface area contributed by atoms with Gasteiger partial charge in [0.1, 0.15) is 5.82 Å². The first-order chi connectivity index (χ1) is 16.4. The number of H-pyrrole nitrogens is 1. The van der Waals surface area contributed by atoms with Crippen LogP contribution in [0.1, 0.15) is 57.9 Å². The van der Waals surface area contributed by atoms with Gasteiger partial charge in [0, 0.05) is 32.6 Å². The van der Waals surface area contributed by atoms with Crippen molar-refractivity contribution in [3.05, 3.63) is 56.7 Å². The summed E-state index contributed by atoms with van der Waals surface area (Å²) in [6, 6.07) is 9.63. The number of rotatable bonds is 11. The summed E-state index contributed by atoms with van der Waals surface area (Å²) in [5.41, 5.74) is 6.04. The van der Waals surface area contributed by atoms with E-state index in [0.29, 0.717) is 32.5 Å². The number of carbonyl (C=O) groups is 2. The lowest BCUT2D eigenvalue weighted by Gasteiger charge is -2.27. The van der Waals surface area contributed by atoms with Crippen LogP contribution in [0.2, 0.25) is 0 Å². The van der Waals surface area contributed by atoms with Gasteiger partial charge in [-0.1, -0.05) is 63.4 Å². The molecule has 0 saturated carbocycles. The first-order valence-electron chi connectivity index (χ1n) is 12.1. The third-order valence-electron chi connectivity index (χ3n) is 6.25. The van der Waals surface area contributed by atoms with E-state index in [0.717, 1.165) is 24.8 Å². The molecule has 1 aliphatic rings. The Morgan fingerprint density at radius 1 is 1.09 bits per heavy atom. The minimum Gasteiger partial charge on any atom is -0.383 e. The highest BCUT2D eigenvalue weighted by molar-refractivity contribution is 6.00. The summed E-state index contributed by atoms with van der Waals surface area (Å²) in [6.07, 6.45) is 4.15. The van der Waals surface area contributed by atoms with Gasteiger partial charge in [-0.25, -0.2) is 4.79 Å². The number of unbranched alkanes of at least 4 members (excludes halogenated alkanes) is 3. The Bertz CT molecular complexity index is 1110. The molecule has 0 aliphatic carbocycles. The summed E-state index contributed by atoms with van der Waals surface area (Å²) < 4.78 is 1.32. The number of anilines is 2. The number of aromatic nitrogens is 2. The second kappa shape index (κ2) is 11.7.